The van der Waals surface area contributed by atoms with Crippen LogP contribution >= 0.6 is 43.2 Å². The molecule has 0 spiro atoms. The highest BCUT2D eigenvalue weighted by molar-refractivity contribution is 8.78. The Morgan fingerprint density at radius 1 is 1.25 bits per heavy atom. The number of hydrogen-bond acceptors (Lipinski definition) is 4. The average Bonchev–Trinajstić information content (AvgIpc) is 2.60. The molecular weight excluding hydrogens is 224 g/mol. The topological polar surface area (TPSA) is 0 Å². The molecule has 2 rings (SSSR count). The predicted molar refractivity (Wildman–Crippen MR) is 67.9 cm³/mol. The molecule has 0 aromatic carbocycles. The Kier molecular flexibility index (Phi) is 5.41. The minimum atomic E-state index is 0.574. The fourth-order valence-corrected chi connectivity index (χ4v) is 5.32. The Hall–Kier alpha value is 1.14. The molecule has 70 valence electrons. The van der Waals surface area contributed by atoms with Gasteiger partial charge in [0, 0.05) is 16.3 Å². The average molecular weight is 238 g/mol. The zero-order chi connectivity index (χ0) is 8.86. The molecule has 2 aliphatic heterocycles. The highest BCUT2D eigenvalue weighted by Gasteiger charge is 2.23. The molecule has 0 N–H and O–H groups in total. The zero-order valence-corrected chi connectivity index (χ0v) is 10.7. The van der Waals surface area contributed by atoms with Gasteiger partial charge in [-0.15, -0.1) is 0 Å². The fraction of sp³-hybridized carbons (Fsp3) is 0.750. The molecule has 0 aliphatic carbocycles. The first-order chi connectivity index (χ1) is 5.71. The lowest BCUT2D eigenvalue weighted by Gasteiger charge is -2.11. The van der Waals surface area contributed by atoms with Gasteiger partial charge in [0.05, 0.1) is 0 Å². The van der Waals surface area contributed by atoms with E-state index in [0.29, 0.717) is 4.75 Å². The Bertz CT molecular complexity index is 139. The fourth-order valence-electron chi connectivity index (χ4n) is 0.727. The molecule has 2 aliphatic rings. The number of hydrogen-bond donors (Lipinski definition) is 0. The lowest BCUT2D eigenvalue weighted by atomic mass is 10.1. The van der Waals surface area contributed by atoms with Crippen LogP contribution in [0.15, 0.2) is 11.5 Å². The van der Waals surface area contributed by atoms with Crippen LogP contribution in [0.2, 0.25) is 0 Å². The van der Waals surface area contributed by atoms with Gasteiger partial charge in [-0.05, 0) is 25.7 Å². The van der Waals surface area contributed by atoms with Crippen LogP contribution in [0.4, 0.5) is 0 Å². The van der Waals surface area contributed by atoms with Gasteiger partial charge in [0.25, 0.3) is 0 Å². The summed E-state index contributed by atoms with van der Waals surface area (Å²) in [6.07, 6.45) is 3.54. The molecule has 2 heterocycles. The van der Waals surface area contributed by atoms with Crippen LogP contribution in [0.3, 0.4) is 0 Å². The summed E-state index contributed by atoms with van der Waals surface area (Å²) in [6.45, 7) is 4.61. The van der Waals surface area contributed by atoms with Gasteiger partial charge < -0.3 is 0 Å². The monoisotopic (exact) mass is 238 g/mol. The van der Waals surface area contributed by atoms with Crippen molar-refractivity contribution in [1.82, 2.24) is 0 Å². The summed E-state index contributed by atoms with van der Waals surface area (Å²) >= 11 is 0. The minimum absolute atomic E-state index is 0.574. The largest absolute Gasteiger partial charge is 0.0936 e. The van der Waals surface area contributed by atoms with E-state index in [0.717, 1.165) is 0 Å². The smallest absolute Gasteiger partial charge is 0.0229 e. The second kappa shape index (κ2) is 5.78. The first-order valence-electron chi connectivity index (χ1n) is 3.95. The lowest BCUT2D eigenvalue weighted by molar-refractivity contribution is 0.705. The van der Waals surface area contributed by atoms with Crippen molar-refractivity contribution in [1.29, 1.82) is 0 Å². The molecule has 0 unspecified atom stereocenters. The molecule has 12 heavy (non-hydrogen) atoms. The van der Waals surface area contributed by atoms with E-state index in [2.05, 4.69) is 25.3 Å². The van der Waals surface area contributed by atoms with Crippen LogP contribution in [-0.4, -0.2) is 16.3 Å². The van der Waals surface area contributed by atoms with Crippen LogP contribution in [0, 0.1) is 0 Å². The maximum absolute atomic E-state index is 2.30. The van der Waals surface area contributed by atoms with Crippen molar-refractivity contribution in [3.8, 4) is 0 Å². The summed E-state index contributed by atoms with van der Waals surface area (Å²) in [5.74, 6) is 2.54. The van der Waals surface area contributed by atoms with Gasteiger partial charge in [-0.3, -0.25) is 0 Å². The Morgan fingerprint density at radius 2 is 2.08 bits per heavy atom. The van der Waals surface area contributed by atoms with Crippen molar-refractivity contribution in [3.63, 3.8) is 0 Å². The third kappa shape index (κ3) is 5.00. The van der Waals surface area contributed by atoms with Crippen molar-refractivity contribution >= 4 is 43.2 Å². The van der Waals surface area contributed by atoms with Gasteiger partial charge in [0.1, 0.15) is 0 Å². The van der Waals surface area contributed by atoms with Crippen molar-refractivity contribution in [2.75, 3.05) is 11.5 Å². The first kappa shape index (κ1) is 11.2. The second-order valence-electron chi connectivity index (χ2n) is 3.17. The summed E-state index contributed by atoms with van der Waals surface area (Å²) < 4.78 is 0.574. The van der Waals surface area contributed by atoms with E-state index in [1.807, 2.05) is 43.2 Å². The standard InChI is InChI=1S/C5H10S2.C3H4S2/c1-5(2)3-4-6-7-5;1-2-4-5-3-1/h3-4H2,1-2H3;1-2H,3H2. The van der Waals surface area contributed by atoms with E-state index >= 15 is 0 Å². The molecule has 0 aromatic heterocycles. The molecule has 0 nitrogen and oxygen atoms in total. The summed E-state index contributed by atoms with van der Waals surface area (Å²) in [7, 11) is 7.70. The summed E-state index contributed by atoms with van der Waals surface area (Å²) in [6, 6.07) is 0. The normalized spacial score (nSPS) is 25.2. The predicted octanol–water partition coefficient (Wildman–Crippen LogP) is 4.45. The van der Waals surface area contributed by atoms with Crippen molar-refractivity contribution in [3.05, 3.63) is 11.5 Å². The molecule has 0 radical (unpaired) electrons. The summed E-state index contributed by atoms with van der Waals surface area (Å²) in [4.78, 5) is 0. The first-order valence-corrected chi connectivity index (χ1v) is 8.65. The highest BCUT2D eigenvalue weighted by atomic mass is 33.1. The van der Waals surface area contributed by atoms with E-state index in [9.17, 15) is 0 Å². The van der Waals surface area contributed by atoms with Gasteiger partial charge in [-0.25, -0.2) is 0 Å². The van der Waals surface area contributed by atoms with E-state index < -0.39 is 0 Å². The van der Waals surface area contributed by atoms with Gasteiger partial charge in [0.15, 0.2) is 0 Å². The molecule has 4 heteroatoms. The molecule has 1 fully saturated rings. The molecule has 0 atom stereocenters. The third-order valence-corrected chi connectivity index (χ3v) is 6.73. The molecule has 0 saturated carbocycles. The molecule has 0 aromatic rings. The van der Waals surface area contributed by atoms with Gasteiger partial charge >= 0.3 is 0 Å². The van der Waals surface area contributed by atoms with Crippen LogP contribution in [0.5, 0.6) is 0 Å². The van der Waals surface area contributed by atoms with Gasteiger partial charge in [-0.2, -0.15) is 0 Å². The van der Waals surface area contributed by atoms with Gasteiger partial charge in [-0.1, -0.05) is 49.3 Å². The van der Waals surface area contributed by atoms with Crippen molar-refractivity contribution < 1.29 is 0 Å². The Morgan fingerprint density at radius 3 is 2.25 bits per heavy atom. The second-order valence-corrected chi connectivity index (χ2v) is 8.61. The van der Waals surface area contributed by atoms with Crippen molar-refractivity contribution in [2.45, 2.75) is 25.0 Å². The molecular formula is C8H14S4. The lowest BCUT2D eigenvalue weighted by Crippen LogP contribution is -2.07. The minimum Gasteiger partial charge on any atom is -0.0936 e. The summed E-state index contributed by atoms with van der Waals surface area (Å²) in [5, 5.41) is 2.12. The molecule has 1 saturated heterocycles. The molecule has 0 bridgehead atoms. The number of rotatable bonds is 0. The van der Waals surface area contributed by atoms with Crippen LogP contribution < -0.4 is 0 Å². The highest BCUT2D eigenvalue weighted by Crippen LogP contribution is 2.45. The molecule has 0 amide bonds. The van der Waals surface area contributed by atoms with E-state index in [1.54, 1.807) is 0 Å². The summed E-state index contributed by atoms with van der Waals surface area (Å²) in [5.41, 5.74) is 0. The quantitative estimate of drug-likeness (QED) is 0.572. The van der Waals surface area contributed by atoms with Crippen LogP contribution in [0.25, 0.3) is 0 Å². The van der Waals surface area contributed by atoms with Gasteiger partial charge in [0.2, 0.25) is 0 Å². The SMILES string of the molecule is C1=CSSC1.CC1(C)CCSS1. The Balaban J connectivity index is 0.000000127. The third-order valence-electron chi connectivity index (χ3n) is 1.46. The zero-order valence-electron chi connectivity index (χ0n) is 7.41. The van der Waals surface area contributed by atoms with Crippen LogP contribution in [-0.2, 0) is 0 Å². The van der Waals surface area contributed by atoms with Crippen molar-refractivity contribution in [2.24, 2.45) is 0 Å². The Labute approximate surface area is 90.9 Å². The maximum atomic E-state index is 2.30. The van der Waals surface area contributed by atoms with E-state index in [4.69, 9.17) is 0 Å². The maximum Gasteiger partial charge on any atom is 0.0229 e. The van der Waals surface area contributed by atoms with Crippen LogP contribution in [0.1, 0.15) is 20.3 Å². The van der Waals surface area contributed by atoms with E-state index in [-0.39, 0.29) is 0 Å². The van der Waals surface area contributed by atoms with E-state index in [1.165, 1.54) is 17.9 Å².